The number of carbonyl (C=O) groups is 1. The van der Waals surface area contributed by atoms with E-state index in [0.717, 1.165) is 5.56 Å². The smallest absolute Gasteiger partial charge is 0.249 e. The number of aromatic nitrogens is 2. The molecule has 1 aromatic heterocycles. The summed E-state index contributed by atoms with van der Waals surface area (Å²) >= 11 is 0. The van der Waals surface area contributed by atoms with E-state index in [1.54, 1.807) is 12.1 Å². The van der Waals surface area contributed by atoms with Gasteiger partial charge in [-0.1, -0.05) is 37.1 Å². The van der Waals surface area contributed by atoms with Gasteiger partial charge < -0.3 is 9.94 Å². The molecule has 8 heteroatoms. The number of hydrogen-bond acceptors (Lipinski definition) is 4. The van der Waals surface area contributed by atoms with Crippen molar-refractivity contribution in [2.45, 2.75) is 26.4 Å². The second-order valence-electron chi connectivity index (χ2n) is 4.89. The maximum absolute atomic E-state index is 11.9. The zero-order valence-electron chi connectivity index (χ0n) is 12.2. The Hall–Kier alpha value is -2.99. The summed E-state index contributed by atoms with van der Waals surface area (Å²) in [7, 11) is 0. The fraction of sp³-hybridized carbons (Fsp3) is 0.286. The van der Waals surface area contributed by atoms with Crippen molar-refractivity contribution in [3.63, 3.8) is 0 Å². The number of nitrogens with zero attached hydrogens (tertiary/aromatic N) is 5. The highest BCUT2D eigenvalue weighted by Crippen LogP contribution is 2.25. The highest BCUT2D eigenvalue weighted by molar-refractivity contribution is 5.96. The Kier molecular flexibility index (Phi) is 4.65. The largest absolute Gasteiger partial charge is 0.472 e. The van der Waals surface area contributed by atoms with Crippen LogP contribution >= 0.6 is 0 Å². The summed E-state index contributed by atoms with van der Waals surface area (Å²) in [6.07, 6.45) is 1.33. The first-order valence-electron chi connectivity index (χ1n) is 6.62. The highest BCUT2D eigenvalue weighted by Gasteiger charge is 2.16. The van der Waals surface area contributed by atoms with Crippen molar-refractivity contribution in [2.24, 2.45) is 5.11 Å². The minimum absolute atomic E-state index is 0.0768. The van der Waals surface area contributed by atoms with E-state index < -0.39 is 5.91 Å². The van der Waals surface area contributed by atoms with Gasteiger partial charge in [-0.2, -0.15) is 0 Å². The Morgan fingerprint density at radius 3 is 2.86 bits per heavy atom. The maximum atomic E-state index is 11.9. The van der Waals surface area contributed by atoms with E-state index in [1.807, 2.05) is 19.9 Å². The first-order valence-corrected chi connectivity index (χ1v) is 6.62. The molecule has 1 N–H and O–H groups in total. The fourth-order valence-corrected chi connectivity index (χ4v) is 2.12. The molecule has 0 atom stereocenters. The molecule has 0 bridgehead atoms. The standard InChI is InChI=1S/C14H15N5O3/c1-9(2)10-4-3-5-11(14(20)16-18-15)12(10)8-22-13-6-7-19(21)17-13/h3-7,9,21H,8H2,1-2H3. The lowest BCUT2D eigenvalue weighted by Crippen LogP contribution is -2.09. The molecule has 1 aromatic carbocycles. The van der Waals surface area contributed by atoms with E-state index >= 15 is 0 Å². The molecule has 0 saturated carbocycles. The van der Waals surface area contributed by atoms with Gasteiger partial charge in [0.25, 0.3) is 0 Å². The number of amides is 1. The van der Waals surface area contributed by atoms with Crippen LogP contribution in [0.5, 0.6) is 5.88 Å². The van der Waals surface area contributed by atoms with Gasteiger partial charge in [-0.05, 0) is 22.1 Å². The van der Waals surface area contributed by atoms with Gasteiger partial charge in [0, 0.05) is 22.1 Å². The quantitative estimate of drug-likeness (QED) is 0.395. The molecule has 0 aliphatic carbocycles. The Morgan fingerprint density at radius 1 is 1.50 bits per heavy atom. The van der Waals surface area contributed by atoms with Gasteiger partial charge in [-0.3, -0.25) is 4.79 Å². The van der Waals surface area contributed by atoms with Crippen LogP contribution in [0.3, 0.4) is 0 Å². The van der Waals surface area contributed by atoms with Crippen molar-refractivity contribution < 1.29 is 14.7 Å². The average Bonchev–Trinajstić information content (AvgIpc) is 2.90. The van der Waals surface area contributed by atoms with Crippen molar-refractivity contribution in [1.29, 1.82) is 0 Å². The third kappa shape index (κ3) is 3.36. The lowest BCUT2D eigenvalue weighted by atomic mass is 9.93. The van der Waals surface area contributed by atoms with Crippen molar-refractivity contribution in [2.75, 3.05) is 0 Å². The van der Waals surface area contributed by atoms with E-state index in [4.69, 9.17) is 15.5 Å². The topological polar surface area (TPSA) is 113 Å². The Labute approximate surface area is 126 Å². The predicted molar refractivity (Wildman–Crippen MR) is 77.8 cm³/mol. The maximum Gasteiger partial charge on any atom is 0.249 e. The molecular formula is C14H15N5O3. The molecule has 2 aromatic rings. The average molecular weight is 301 g/mol. The number of azide groups is 1. The van der Waals surface area contributed by atoms with E-state index in [9.17, 15) is 4.79 Å². The molecule has 1 amide bonds. The minimum atomic E-state index is -0.656. The van der Waals surface area contributed by atoms with Gasteiger partial charge in [-0.25, -0.2) is 0 Å². The van der Waals surface area contributed by atoms with E-state index in [0.29, 0.717) is 16.0 Å². The van der Waals surface area contributed by atoms with Gasteiger partial charge in [0.1, 0.15) is 6.61 Å². The normalized spacial score (nSPS) is 10.3. The second kappa shape index (κ2) is 6.64. The molecule has 0 aliphatic heterocycles. The van der Waals surface area contributed by atoms with Crippen LogP contribution in [0.2, 0.25) is 0 Å². The molecule has 0 fully saturated rings. The molecule has 0 radical (unpaired) electrons. The van der Waals surface area contributed by atoms with Gasteiger partial charge in [0.15, 0.2) is 0 Å². The molecular weight excluding hydrogens is 286 g/mol. The number of hydrogen-bond donors (Lipinski definition) is 1. The van der Waals surface area contributed by atoms with Gasteiger partial charge >= 0.3 is 0 Å². The number of benzene rings is 1. The van der Waals surface area contributed by atoms with Crippen molar-refractivity contribution in [3.05, 3.63) is 57.6 Å². The number of carbonyl (C=O) groups excluding carboxylic acids is 1. The van der Waals surface area contributed by atoms with Crippen LogP contribution in [-0.2, 0) is 6.61 Å². The van der Waals surface area contributed by atoms with Crippen LogP contribution in [0.4, 0.5) is 0 Å². The van der Waals surface area contributed by atoms with Gasteiger partial charge in [0.2, 0.25) is 11.8 Å². The SMILES string of the molecule is CC(C)c1cccc(C(=O)N=[N+]=[N-])c1COc1ccn(O)n1. The van der Waals surface area contributed by atoms with Crippen molar-refractivity contribution in [3.8, 4) is 5.88 Å². The van der Waals surface area contributed by atoms with Crippen molar-refractivity contribution in [1.82, 2.24) is 9.94 Å². The molecule has 114 valence electrons. The van der Waals surface area contributed by atoms with Crippen LogP contribution in [0.1, 0.15) is 41.3 Å². The zero-order chi connectivity index (χ0) is 16.1. The molecule has 0 unspecified atom stereocenters. The third-order valence-corrected chi connectivity index (χ3v) is 3.12. The molecule has 0 saturated heterocycles. The second-order valence-corrected chi connectivity index (χ2v) is 4.89. The Bertz CT molecular complexity index is 732. The highest BCUT2D eigenvalue weighted by atomic mass is 16.5. The van der Waals surface area contributed by atoms with Crippen LogP contribution in [0, 0.1) is 0 Å². The van der Waals surface area contributed by atoms with Gasteiger partial charge in [-0.15, -0.1) is 4.85 Å². The number of rotatable bonds is 5. The van der Waals surface area contributed by atoms with Crippen molar-refractivity contribution >= 4 is 5.91 Å². The molecule has 0 spiro atoms. The molecule has 1 heterocycles. The molecule has 22 heavy (non-hydrogen) atoms. The summed E-state index contributed by atoms with van der Waals surface area (Å²) in [5, 5.41) is 16.0. The van der Waals surface area contributed by atoms with E-state index in [1.165, 1.54) is 12.3 Å². The Morgan fingerprint density at radius 2 is 2.27 bits per heavy atom. The van der Waals surface area contributed by atoms with Crippen LogP contribution in [0.15, 0.2) is 35.6 Å². The van der Waals surface area contributed by atoms with Crippen LogP contribution < -0.4 is 4.74 Å². The molecule has 8 nitrogen and oxygen atoms in total. The molecule has 0 aliphatic rings. The fourth-order valence-electron chi connectivity index (χ4n) is 2.12. The summed E-state index contributed by atoms with van der Waals surface area (Å²) in [6.45, 7) is 4.06. The van der Waals surface area contributed by atoms with Crippen LogP contribution in [-0.4, -0.2) is 21.1 Å². The summed E-state index contributed by atoms with van der Waals surface area (Å²) in [5.74, 6) is -0.271. The first-order chi connectivity index (χ1) is 10.5. The molecule has 2 rings (SSSR count). The predicted octanol–water partition coefficient (Wildman–Crippen LogP) is 3.27. The summed E-state index contributed by atoms with van der Waals surface area (Å²) < 4.78 is 5.49. The Balaban J connectivity index is 2.36. The first kappa shape index (κ1) is 15.4. The summed E-state index contributed by atoms with van der Waals surface area (Å²) in [6, 6.07) is 6.71. The number of ether oxygens (including phenoxy) is 1. The third-order valence-electron chi connectivity index (χ3n) is 3.12. The minimum Gasteiger partial charge on any atom is -0.472 e. The van der Waals surface area contributed by atoms with E-state index in [-0.39, 0.29) is 18.4 Å². The summed E-state index contributed by atoms with van der Waals surface area (Å²) in [4.78, 5) is 15.1. The van der Waals surface area contributed by atoms with Gasteiger partial charge in [0.05, 0.1) is 6.20 Å². The summed E-state index contributed by atoms with van der Waals surface area (Å²) in [5.41, 5.74) is 10.3. The van der Waals surface area contributed by atoms with Crippen LogP contribution in [0.25, 0.3) is 10.4 Å². The monoisotopic (exact) mass is 301 g/mol. The van der Waals surface area contributed by atoms with E-state index in [2.05, 4.69) is 15.1 Å². The lowest BCUT2D eigenvalue weighted by Gasteiger charge is -2.15. The zero-order valence-corrected chi connectivity index (χ0v) is 12.2. The lowest BCUT2D eigenvalue weighted by molar-refractivity contribution is 0.0997.